The van der Waals surface area contributed by atoms with Crippen molar-refractivity contribution in [1.82, 2.24) is 15.2 Å². The Morgan fingerprint density at radius 3 is 2.89 bits per heavy atom. The Hall–Kier alpha value is -2.37. The van der Waals surface area contributed by atoms with E-state index in [1.54, 1.807) is 6.92 Å². The normalized spacial score (nSPS) is 10.1. The number of ether oxygens (including phenoxy) is 1. The van der Waals surface area contributed by atoms with Crippen molar-refractivity contribution in [3.05, 3.63) is 42.0 Å². The topological polar surface area (TPSA) is 79.9 Å². The van der Waals surface area contributed by atoms with E-state index in [1.165, 1.54) is 0 Å². The van der Waals surface area contributed by atoms with Crippen LogP contribution in [0.3, 0.4) is 0 Å². The van der Waals surface area contributed by atoms with E-state index in [0.717, 1.165) is 5.69 Å². The minimum Gasteiger partial charge on any atom is -0.460 e. The molecule has 0 aliphatic heterocycles. The van der Waals surface area contributed by atoms with Gasteiger partial charge in [0.25, 0.3) is 5.82 Å². The Morgan fingerprint density at radius 2 is 2.17 bits per heavy atom. The third kappa shape index (κ3) is 3.07. The Bertz CT molecular complexity index is 510. The fourth-order valence-corrected chi connectivity index (χ4v) is 1.40. The summed E-state index contributed by atoms with van der Waals surface area (Å²) in [7, 11) is 0. The summed E-state index contributed by atoms with van der Waals surface area (Å²) < 4.78 is 4.80. The molecule has 6 nitrogen and oxygen atoms in total. The number of aromatic nitrogens is 3. The highest BCUT2D eigenvalue weighted by molar-refractivity contribution is 5.84. The number of hydrogen-bond acceptors (Lipinski definition) is 5. The number of hydrogen-bond donors (Lipinski definition) is 2. The lowest BCUT2D eigenvalue weighted by atomic mass is 10.3. The second-order valence-electron chi connectivity index (χ2n) is 3.55. The van der Waals surface area contributed by atoms with Gasteiger partial charge in [-0.2, -0.15) is 0 Å². The van der Waals surface area contributed by atoms with Crippen LogP contribution in [-0.2, 0) is 11.3 Å². The molecule has 0 atom stereocenters. The van der Waals surface area contributed by atoms with Crippen molar-refractivity contribution in [2.45, 2.75) is 13.5 Å². The summed E-state index contributed by atoms with van der Waals surface area (Å²) in [6.07, 6.45) is 0. The number of carbonyl (C=O) groups is 1. The van der Waals surface area contributed by atoms with Gasteiger partial charge in [0, 0.05) is 5.69 Å². The van der Waals surface area contributed by atoms with Gasteiger partial charge in [-0.25, -0.2) is 9.78 Å². The standard InChI is InChI=1S/C12H14N4O2/c1-2-18-12(17)11-14-10(15-16-11)8-13-9-6-4-3-5-7-9/h3-7,13H,2,8H2,1H3,(H,14,15,16). The Kier molecular flexibility index (Phi) is 3.90. The number of nitrogens with zero attached hydrogens (tertiary/aromatic N) is 2. The number of carbonyl (C=O) groups excluding carboxylic acids is 1. The van der Waals surface area contributed by atoms with Crippen molar-refractivity contribution in [3.63, 3.8) is 0 Å². The van der Waals surface area contributed by atoms with Gasteiger partial charge in [-0.15, -0.1) is 5.10 Å². The van der Waals surface area contributed by atoms with Crippen molar-refractivity contribution in [3.8, 4) is 0 Å². The molecule has 94 valence electrons. The highest BCUT2D eigenvalue weighted by atomic mass is 16.5. The molecule has 0 amide bonds. The molecule has 2 rings (SSSR count). The van der Waals surface area contributed by atoms with Gasteiger partial charge in [0.15, 0.2) is 0 Å². The van der Waals surface area contributed by atoms with Gasteiger partial charge in [0.2, 0.25) is 0 Å². The number of aromatic amines is 1. The highest BCUT2D eigenvalue weighted by Crippen LogP contribution is 2.06. The number of anilines is 1. The Labute approximate surface area is 104 Å². The van der Waals surface area contributed by atoms with Crippen LogP contribution in [0.15, 0.2) is 30.3 Å². The summed E-state index contributed by atoms with van der Waals surface area (Å²) in [6.45, 7) is 2.52. The molecular weight excluding hydrogens is 232 g/mol. The van der Waals surface area contributed by atoms with Crippen molar-refractivity contribution in [1.29, 1.82) is 0 Å². The molecule has 0 unspecified atom stereocenters. The van der Waals surface area contributed by atoms with E-state index in [2.05, 4.69) is 20.5 Å². The van der Waals surface area contributed by atoms with Crippen molar-refractivity contribution in [2.75, 3.05) is 11.9 Å². The largest absolute Gasteiger partial charge is 0.460 e. The first-order valence-electron chi connectivity index (χ1n) is 5.67. The third-order valence-corrected chi connectivity index (χ3v) is 2.22. The van der Waals surface area contributed by atoms with Crippen LogP contribution >= 0.6 is 0 Å². The molecule has 0 aliphatic carbocycles. The van der Waals surface area contributed by atoms with Crippen molar-refractivity contribution >= 4 is 11.7 Å². The summed E-state index contributed by atoms with van der Waals surface area (Å²) in [4.78, 5) is 15.4. The van der Waals surface area contributed by atoms with Crippen LogP contribution in [0.25, 0.3) is 0 Å². The minimum atomic E-state index is -0.514. The van der Waals surface area contributed by atoms with Gasteiger partial charge >= 0.3 is 5.97 Å². The van der Waals surface area contributed by atoms with Crippen LogP contribution < -0.4 is 5.32 Å². The van der Waals surface area contributed by atoms with Crippen LogP contribution in [0.2, 0.25) is 0 Å². The van der Waals surface area contributed by atoms with E-state index in [0.29, 0.717) is 19.0 Å². The quantitative estimate of drug-likeness (QED) is 0.783. The Morgan fingerprint density at radius 1 is 1.39 bits per heavy atom. The lowest BCUT2D eigenvalue weighted by molar-refractivity contribution is 0.0512. The van der Waals surface area contributed by atoms with Crippen LogP contribution in [0.4, 0.5) is 5.69 Å². The van der Waals surface area contributed by atoms with Crippen molar-refractivity contribution in [2.24, 2.45) is 0 Å². The molecule has 1 aromatic heterocycles. The first-order chi connectivity index (χ1) is 8.79. The molecule has 0 spiro atoms. The summed E-state index contributed by atoms with van der Waals surface area (Å²) in [5.41, 5.74) is 0.978. The fraction of sp³-hybridized carbons (Fsp3) is 0.250. The summed E-state index contributed by atoms with van der Waals surface area (Å²) >= 11 is 0. The highest BCUT2D eigenvalue weighted by Gasteiger charge is 2.12. The SMILES string of the molecule is CCOC(=O)c1n[nH]c(CNc2ccccc2)n1. The summed E-state index contributed by atoms with van der Waals surface area (Å²) in [6, 6.07) is 9.71. The van der Waals surface area contributed by atoms with Gasteiger partial charge in [0.1, 0.15) is 5.82 Å². The average Bonchev–Trinajstić information content (AvgIpc) is 2.87. The minimum absolute atomic E-state index is 0.0571. The van der Waals surface area contributed by atoms with Gasteiger partial charge in [-0.1, -0.05) is 18.2 Å². The fourth-order valence-electron chi connectivity index (χ4n) is 1.40. The third-order valence-electron chi connectivity index (χ3n) is 2.22. The molecule has 2 aromatic rings. The van der Waals surface area contributed by atoms with Gasteiger partial charge in [-0.05, 0) is 19.1 Å². The molecular formula is C12H14N4O2. The molecule has 0 fully saturated rings. The monoisotopic (exact) mass is 246 g/mol. The molecule has 1 aromatic carbocycles. The predicted molar refractivity (Wildman–Crippen MR) is 66.1 cm³/mol. The molecule has 6 heteroatoms. The van der Waals surface area contributed by atoms with Crippen LogP contribution in [0.5, 0.6) is 0 Å². The van der Waals surface area contributed by atoms with E-state index >= 15 is 0 Å². The first kappa shape index (κ1) is 12.1. The predicted octanol–water partition coefficient (Wildman–Crippen LogP) is 1.59. The molecule has 2 N–H and O–H groups in total. The number of H-pyrrole nitrogens is 1. The molecule has 0 radical (unpaired) electrons. The number of esters is 1. The maximum atomic E-state index is 11.3. The van der Waals surface area contributed by atoms with Gasteiger partial charge in [-0.3, -0.25) is 5.10 Å². The number of para-hydroxylation sites is 1. The molecule has 0 aliphatic rings. The molecule has 18 heavy (non-hydrogen) atoms. The maximum Gasteiger partial charge on any atom is 0.378 e. The smallest absolute Gasteiger partial charge is 0.378 e. The van der Waals surface area contributed by atoms with E-state index in [4.69, 9.17) is 4.74 Å². The second-order valence-corrected chi connectivity index (χ2v) is 3.55. The lowest BCUT2D eigenvalue weighted by Gasteiger charge is -2.02. The van der Waals surface area contributed by atoms with E-state index in [1.807, 2.05) is 30.3 Å². The van der Waals surface area contributed by atoms with E-state index < -0.39 is 5.97 Å². The Balaban J connectivity index is 1.93. The first-order valence-corrected chi connectivity index (χ1v) is 5.67. The maximum absolute atomic E-state index is 11.3. The number of benzene rings is 1. The summed E-state index contributed by atoms with van der Waals surface area (Å²) in [5.74, 6) is 0.128. The average molecular weight is 246 g/mol. The van der Waals surface area contributed by atoms with Gasteiger partial charge in [0.05, 0.1) is 13.2 Å². The zero-order valence-corrected chi connectivity index (χ0v) is 10.0. The van der Waals surface area contributed by atoms with Gasteiger partial charge < -0.3 is 10.1 Å². The zero-order valence-electron chi connectivity index (χ0n) is 10.0. The van der Waals surface area contributed by atoms with Crippen LogP contribution in [0, 0.1) is 0 Å². The molecule has 0 bridgehead atoms. The lowest BCUT2D eigenvalue weighted by Crippen LogP contribution is -2.07. The molecule has 0 saturated carbocycles. The van der Waals surface area contributed by atoms with Crippen LogP contribution in [-0.4, -0.2) is 27.8 Å². The zero-order chi connectivity index (χ0) is 12.8. The molecule has 1 heterocycles. The summed E-state index contributed by atoms with van der Waals surface area (Å²) in [5, 5.41) is 9.65. The number of nitrogens with one attached hydrogen (secondary N) is 2. The van der Waals surface area contributed by atoms with Crippen LogP contribution in [0.1, 0.15) is 23.4 Å². The van der Waals surface area contributed by atoms with E-state index in [-0.39, 0.29) is 5.82 Å². The second kappa shape index (κ2) is 5.81. The van der Waals surface area contributed by atoms with E-state index in [9.17, 15) is 4.79 Å². The molecule has 0 saturated heterocycles. The number of rotatable bonds is 5. The van der Waals surface area contributed by atoms with Crippen molar-refractivity contribution < 1.29 is 9.53 Å².